The number of hydrogen-bond acceptors (Lipinski definition) is 13. The maximum absolute atomic E-state index is 10.5. The number of carboxylic acids is 1. The molecule has 2 rings (SSSR count). The van der Waals surface area contributed by atoms with Crippen molar-refractivity contribution in [1.29, 1.82) is 0 Å². The average Bonchev–Trinajstić information content (AvgIpc) is 2.63. The third kappa shape index (κ3) is 4.90. The van der Waals surface area contributed by atoms with Crippen LogP contribution in [0.2, 0.25) is 0 Å². The second kappa shape index (κ2) is 9.49. The van der Waals surface area contributed by atoms with Gasteiger partial charge in [0.15, 0.2) is 12.6 Å². The fourth-order valence-electron chi connectivity index (χ4n) is 2.84. The maximum atomic E-state index is 10.5. The maximum Gasteiger partial charge on any atom is 0.189 e. The van der Waals surface area contributed by atoms with E-state index in [0.717, 1.165) is 0 Å². The fourth-order valence-corrected chi connectivity index (χ4v) is 2.84. The number of rotatable bonds is 7. The molecule has 2 aliphatic rings. The molecule has 0 saturated carbocycles. The van der Waals surface area contributed by atoms with Crippen LogP contribution in [-0.4, -0.2) is 123 Å². The molecule has 0 aromatic carbocycles. The number of aliphatic hydroxyl groups is 7. The van der Waals surface area contributed by atoms with Gasteiger partial charge in [-0.05, 0) is 0 Å². The smallest absolute Gasteiger partial charge is 0.189 e. The standard InChI is InChI=1S/C14H24O13/c15-1-4-7(19)9(21)10(22)13(25-4)27-14-11(23)12(24-3-6(17)18)8(20)5(2-16)26-14/h4-5,7-16,19-23H,1-3H2,(H,17,18)/p-1/t4-,5-,7-,8+,9+,10+,11-,12+,13-,14+/m1/s1. The molecule has 0 aliphatic carbocycles. The fraction of sp³-hybridized carbons (Fsp3) is 0.929. The largest absolute Gasteiger partial charge is 0.548 e. The van der Waals surface area contributed by atoms with Crippen LogP contribution in [0.1, 0.15) is 0 Å². The van der Waals surface area contributed by atoms with E-state index in [-0.39, 0.29) is 0 Å². The molecule has 2 aliphatic heterocycles. The first-order valence-corrected chi connectivity index (χ1v) is 8.11. The number of aliphatic carboxylic acids is 1. The van der Waals surface area contributed by atoms with Crippen LogP contribution in [0.4, 0.5) is 0 Å². The third-order valence-electron chi connectivity index (χ3n) is 4.33. The normalized spacial score (nSPS) is 45.6. The molecule has 0 unspecified atom stereocenters. The van der Waals surface area contributed by atoms with Gasteiger partial charge in [0.2, 0.25) is 0 Å². The molecule has 2 saturated heterocycles. The van der Waals surface area contributed by atoms with E-state index in [1.807, 2.05) is 0 Å². The first-order chi connectivity index (χ1) is 12.7. The number of aliphatic hydroxyl groups excluding tert-OH is 7. The minimum absolute atomic E-state index is 0.714. The van der Waals surface area contributed by atoms with Crippen molar-refractivity contribution in [3.8, 4) is 0 Å². The van der Waals surface area contributed by atoms with Gasteiger partial charge in [0, 0.05) is 0 Å². The lowest BCUT2D eigenvalue weighted by Crippen LogP contribution is -2.64. The lowest BCUT2D eigenvalue weighted by Gasteiger charge is -2.45. The summed E-state index contributed by atoms with van der Waals surface area (Å²) in [5.41, 5.74) is 0. The van der Waals surface area contributed by atoms with E-state index in [9.17, 15) is 40.5 Å². The first kappa shape index (κ1) is 22.3. The molecule has 0 aromatic rings. The molecule has 0 bridgehead atoms. The molecule has 158 valence electrons. The van der Waals surface area contributed by atoms with E-state index in [1.165, 1.54) is 0 Å². The van der Waals surface area contributed by atoms with Gasteiger partial charge in [0.25, 0.3) is 0 Å². The van der Waals surface area contributed by atoms with Crippen molar-refractivity contribution in [2.45, 2.75) is 61.4 Å². The van der Waals surface area contributed by atoms with E-state index < -0.39 is 87.2 Å². The molecule has 0 spiro atoms. The van der Waals surface area contributed by atoms with E-state index >= 15 is 0 Å². The van der Waals surface area contributed by atoms with Crippen LogP contribution in [0.25, 0.3) is 0 Å². The zero-order valence-electron chi connectivity index (χ0n) is 14.0. The van der Waals surface area contributed by atoms with Crippen molar-refractivity contribution >= 4 is 5.97 Å². The summed E-state index contributed by atoms with van der Waals surface area (Å²) in [6.07, 6.45) is -16.1. The number of carboxylic acid groups (broad SMARTS) is 1. The summed E-state index contributed by atoms with van der Waals surface area (Å²) >= 11 is 0. The van der Waals surface area contributed by atoms with E-state index in [4.69, 9.17) is 24.1 Å². The molecular formula is C14H23O13-. The Labute approximate surface area is 152 Å². The Balaban J connectivity index is 2.12. The molecule has 7 N–H and O–H groups in total. The Morgan fingerprint density at radius 2 is 1.33 bits per heavy atom. The highest BCUT2D eigenvalue weighted by atomic mass is 16.8. The number of carbonyl (C=O) groups is 1. The van der Waals surface area contributed by atoms with Crippen LogP contribution in [0.5, 0.6) is 0 Å². The van der Waals surface area contributed by atoms with E-state index in [0.29, 0.717) is 0 Å². The summed E-state index contributed by atoms with van der Waals surface area (Å²) < 4.78 is 20.4. The van der Waals surface area contributed by atoms with Gasteiger partial charge in [-0.15, -0.1) is 0 Å². The second-order valence-electron chi connectivity index (χ2n) is 6.19. The Bertz CT molecular complexity index is 488. The van der Waals surface area contributed by atoms with Crippen molar-refractivity contribution in [1.82, 2.24) is 0 Å². The summed E-state index contributed by atoms with van der Waals surface area (Å²) in [5, 5.41) is 78.7. The Kier molecular flexibility index (Phi) is 7.84. The zero-order chi connectivity index (χ0) is 20.3. The van der Waals surface area contributed by atoms with Gasteiger partial charge < -0.3 is 64.6 Å². The zero-order valence-corrected chi connectivity index (χ0v) is 14.0. The highest BCUT2D eigenvalue weighted by molar-refractivity contribution is 5.65. The van der Waals surface area contributed by atoms with Crippen LogP contribution in [-0.2, 0) is 23.7 Å². The molecule has 0 radical (unpaired) electrons. The minimum Gasteiger partial charge on any atom is -0.548 e. The van der Waals surface area contributed by atoms with Gasteiger partial charge >= 0.3 is 0 Å². The van der Waals surface area contributed by atoms with Gasteiger partial charge in [-0.1, -0.05) is 0 Å². The molecule has 13 nitrogen and oxygen atoms in total. The number of ether oxygens (including phenoxy) is 4. The number of hydrogen-bond donors (Lipinski definition) is 7. The lowest BCUT2D eigenvalue weighted by molar-refractivity contribution is -0.379. The van der Waals surface area contributed by atoms with Crippen molar-refractivity contribution in [3.05, 3.63) is 0 Å². The Morgan fingerprint density at radius 3 is 1.85 bits per heavy atom. The van der Waals surface area contributed by atoms with Crippen LogP contribution in [0, 0.1) is 0 Å². The third-order valence-corrected chi connectivity index (χ3v) is 4.33. The highest BCUT2D eigenvalue weighted by Crippen LogP contribution is 2.29. The van der Waals surface area contributed by atoms with E-state index in [2.05, 4.69) is 0 Å². The van der Waals surface area contributed by atoms with Crippen molar-refractivity contribution < 1.29 is 64.6 Å². The van der Waals surface area contributed by atoms with Gasteiger partial charge in [-0.2, -0.15) is 0 Å². The summed E-state index contributed by atoms with van der Waals surface area (Å²) in [7, 11) is 0. The Morgan fingerprint density at radius 1 is 0.815 bits per heavy atom. The summed E-state index contributed by atoms with van der Waals surface area (Å²) in [5.74, 6) is -1.62. The van der Waals surface area contributed by atoms with Gasteiger partial charge in [-0.3, -0.25) is 0 Å². The first-order valence-electron chi connectivity index (χ1n) is 8.11. The molecular weight excluding hydrogens is 376 g/mol. The predicted molar refractivity (Wildman–Crippen MR) is 77.4 cm³/mol. The van der Waals surface area contributed by atoms with Gasteiger partial charge in [0.05, 0.1) is 25.8 Å². The summed E-state index contributed by atoms with van der Waals surface area (Å²) in [4.78, 5) is 10.5. The quantitative estimate of drug-likeness (QED) is 0.212. The molecule has 0 aromatic heterocycles. The lowest BCUT2D eigenvalue weighted by atomic mass is 9.98. The van der Waals surface area contributed by atoms with Crippen molar-refractivity contribution in [2.24, 2.45) is 0 Å². The topological polar surface area (TPSA) is 219 Å². The van der Waals surface area contributed by atoms with Gasteiger partial charge in [-0.25, -0.2) is 0 Å². The molecule has 13 heteroatoms. The van der Waals surface area contributed by atoms with E-state index in [1.54, 1.807) is 0 Å². The molecule has 2 heterocycles. The Hall–Kier alpha value is -0.970. The molecule has 10 atom stereocenters. The second-order valence-corrected chi connectivity index (χ2v) is 6.19. The average molecular weight is 399 g/mol. The van der Waals surface area contributed by atoms with Crippen molar-refractivity contribution in [2.75, 3.05) is 19.8 Å². The minimum atomic E-state index is -1.79. The van der Waals surface area contributed by atoms with Crippen LogP contribution < -0.4 is 5.11 Å². The summed E-state index contributed by atoms with van der Waals surface area (Å²) in [6, 6.07) is 0. The molecule has 0 amide bonds. The monoisotopic (exact) mass is 399 g/mol. The molecule has 2 fully saturated rings. The van der Waals surface area contributed by atoms with Crippen LogP contribution in [0.15, 0.2) is 0 Å². The summed E-state index contributed by atoms with van der Waals surface area (Å²) in [6.45, 7) is -2.43. The van der Waals surface area contributed by atoms with Crippen LogP contribution >= 0.6 is 0 Å². The number of carbonyl (C=O) groups excluding carboxylic acids is 1. The predicted octanol–water partition coefficient (Wildman–Crippen LogP) is -6.62. The van der Waals surface area contributed by atoms with Gasteiger partial charge in [0.1, 0.15) is 48.8 Å². The SMILES string of the molecule is O=C([O-])CO[C@H]1[C@@H](O)[C@@H](CO)O[C@@H](O[C@H]2O[C@H](CO)[C@@H](O)[C@H](O)[C@@H]2O)[C@@H]1O. The van der Waals surface area contributed by atoms with Crippen molar-refractivity contribution in [3.63, 3.8) is 0 Å². The highest BCUT2D eigenvalue weighted by Gasteiger charge is 2.50. The van der Waals surface area contributed by atoms with Crippen LogP contribution in [0.3, 0.4) is 0 Å². The molecule has 27 heavy (non-hydrogen) atoms.